The summed E-state index contributed by atoms with van der Waals surface area (Å²) in [7, 11) is 1.58. The zero-order valence-corrected chi connectivity index (χ0v) is 16.6. The van der Waals surface area contributed by atoms with Gasteiger partial charge in [-0.2, -0.15) is 0 Å². The van der Waals surface area contributed by atoms with Gasteiger partial charge >= 0.3 is 0 Å². The van der Waals surface area contributed by atoms with E-state index in [1.165, 1.54) is 11.1 Å². The summed E-state index contributed by atoms with van der Waals surface area (Å²) in [5.41, 5.74) is 7.32. The summed E-state index contributed by atoms with van der Waals surface area (Å²) < 4.78 is 7.78. The normalized spacial score (nSPS) is 12.9. The summed E-state index contributed by atoms with van der Waals surface area (Å²) in [5.74, 6) is 1.52. The second kappa shape index (κ2) is 7.59. The lowest BCUT2D eigenvalue weighted by Gasteiger charge is -2.20. The van der Waals surface area contributed by atoms with Crippen LogP contribution in [0, 0.1) is 0 Å². The molecule has 6 heteroatoms. The highest BCUT2D eigenvalue weighted by Crippen LogP contribution is 2.41. The summed E-state index contributed by atoms with van der Waals surface area (Å²) in [6.45, 7) is 3.05. The van der Waals surface area contributed by atoms with Crippen molar-refractivity contribution in [3.63, 3.8) is 0 Å². The molecule has 0 bridgehead atoms. The summed E-state index contributed by atoms with van der Waals surface area (Å²) in [6, 6.07) is 9.93. The Morgan fingerprint density at radius 2 is 1.92 bits per heavy atom. The Balaban J connectivity index is 1.91. The van der Waals surface area contributed by atoms with Crippen LogP contribution in [-0.2, 0) is 4.84 Å². The molecule has 2 aromatic rings. The molecule has 0 saturated carbocycles. The number of ether oxygens (including phenoxy) is 1. The van der Waals surface area contributed by atoms with Crippen LogP contribution in [0.3, 0.4) is 0 Å². The number of hydrogen-bond acceptors (Lipinski definition) is 4. The Labute approximate surface area is 158 Å². The van der Waals surface area contributed by atoms with E-state index < -0.39 is 0 Å². The summed E-state index contributed by atoms with van der Waals surface area (Å²) in [6.07, 6.45) is 3.23. The number of allylic oxidation sites excluding steroid dienone is 1. The molecule has 2 N–H and O–H groups in total. The van der Waals surface area contributed by atoms with Crippen LogP contribution in [0.25, 0.3) is 5.57 Å². The first-order valence-electron chi connectivity index (χ1n) is 7.65. The quantitative estimate of drug-likeness (QED) is 0.529. The Morgan fingerprint density at radius 3 is 2.58 bits per heavy atom. The van der Waals surface area contributed by atoms with Crippen molar-refractivity contribution in [2.45, 2.75) is 13.3 Å². The second-order valence-electron chi connectivity index (χ2n) is 5.35. The molecule has 0 aliphatic carbocycles. The highest BCUT2D eigenvalue weighted by molar-refractivity contribution is 9.11. The second-order valence-corrected chi connectivity index (χ2v) is 7.06. The largest absolute Gasteiger partial charge is 0.455 e. The number of halogens is 2. The minimum atomic E-state index is 0.724. The maximum absolute atomic E-state index is 6.11. The lowest BCUT2D eigenvalue weighted by molar-refractivity contribution is 0.271. The number of benzene rings is 2. The van der Waals surface area contributed by atoms with Crippen molar-refractivity contribution in [2.24, 2.45) is 0 Å². The van der Waals surface area contributed by atoms with Crippen molar-refractivity contribution in [2.75, 3.05) is 24.5 Å². The fourth-order valence-corrected chi connectivity index (χ4v) is 4.04. The molecule has 24 heavy (non-hydrogen) atoms. The molecule has 0 aromatic heterocycles. The highest BCUT2D eigenvalue weighted by atomic mass is 79.9. The van der Waals surface area contributed by atoms with E-state index >= 15 is 0 Å². The third-order valence-electron chi connectivity index (χ3n) is 3.80. The topological polar surface area (TPSA) is 42.5 Å². The third kappa shape index (κ3) is 3.61. The van der Waals surface area contributed by atoms with Gasteiger partial charge in [0.05, 0.1) is 21.7 Å². The monoisotopic (exact) mass is 452 g/mol. The highest BCUT2D eigenvalue weighted by Gasteiger charge is 2.14. The summed E-state index contributed by atoms with van der Waals surface area (Å²) in [5, 5.41) is 3.39. The van der Waals surface area contributed by atoms with E-state index in [0.717, 1.165) is 44.8 Å². The average molecular weight is 454 g/mol. The molecule has 1 aliphatic heterocycles. The van der Waals surface area contributed by atoms with Gasteiger partial charge in [-0.05, 0) is 74.2 Å². The van der Waals surface area contributed by atoms with Crippen LogP contribution in [0.4, 0.5) is 11.4 Å². The number of fused-ring (bicyclic) bond motifs is 1. The van der Waals surface area contributed by atoms with Gasteiger partial charge in [0.15, 0.2) is 5.75 Å². The summed E-state index contributed by atoms with van der Waals surface area (Å²) in [4.78, 5) is 4.94. The number of hydrogen-bond donors (Lipinski definition) is 2. The molecule has 1 heterocycles. The van der Waals surface area contributed by atoms with Gasteiger partial charge < -0.3 is 10.1 Å². The van der Waals surface area contributed by atoms with Crippen molar-refractivity contribution in [3.05, 3.63) is 50.9 Å². The van der Waals surface area contributed by atoms with Crippen LogP contribution in [0.15, 0.2) is 45.4 Å². The molecule has 1 aliphatic rings. The van der Waals surface area contributed by atoms with Crippen molar-refractivity contribution < 1.29 is 9.57 Å². The van der Waals surface area contributed by atoms with Crippen LogP contribution >= 0.6 is 31.9 Å². The van der Waals surface area contributed by atoms with Gasteiger partial charge in [-0.15, -0.1) is 0 Å². The van der Waals surface area contributed by atoms with E-state index in [2.05, 4.69) is 67.8 Å². The van der Waals surface area contributed by atoms with Gasteiger partial charge in [-0.3, -0.25) is 10.3 Å². The van der Waals surface area contributed by atoms with Gasteiger partial charge in [0, 0.05) is 17.8 Å². The predicted molar refractivity (Wildman–Crippen MR) is 106 cm³/mol. The van der Waals surface area contributed by atoms with Crippen LogP contribution < -0.4 is 15.5 Å². The van der Waals surface area contributed by atoms with Gasteiger partial charge in [0.2, 0.25) is 0 Å². The van der Waals surface area contributed by atoms with Crippen molar-refractivity contribution in [3.8, 4) is 11.5 Å². The number of anilines is 2. The maximum Gasteiger partial charge on any atom is 0.155 e. The Kier molecular flexibility index (Phi) is 5.48. The molecule has 0 spiro atoms. The Bertz CT molecular complexity index is 768. The molecule has 0 atom stereocenters. The van der Waals surface area contributed by atoms with Gasteiger partial charge in [-0.25, -0.2) is 0 Å². The molecule has 3 rings (SSSR count). The lowest BCUT2D eigenvalue weighted by Crippen LogP contribution is -2.07. The standard InChI is InChI=1S/C18H18Br2N2O2/c1-3-11-6-7-21-17-5-4-13(10-14(11)17)24-18-15(19)8-12(22-23-2)9-16(18)20/h4-6,8-10,21-22H,3,7H2,1-2H3. The Hall–Kier alpha value is -1.50. The van der Waals surface area contributed by atoms with E-state index in [4.69, 9.17) is 9.57 Å². The first kappa shape index (κ1) is 17.3. The van der Waals surface area contributed by atoms with E-state index in [9.17, 15) is 0 Å². The van der Waals surface area contributed by atoms with Crippen molar-refractivity contribution in [1.29, 1.82) is 0 Å². The minimum Gasteiger partial charge on any atom is -0.455 e. The summed E-state index contributed by atoms with van der Waals surface area (Å²) >= 11 is 7.10. The molecule has 0 saturated heterocycles. The van der Waals surface area contributed by atoms with Crippen LogP contribution in [0.2, 0.25) is 0 Å². The molecular formula is C18H18Br2N2O2. The fraction of sp³-hybridized carbons (Fsp3) is 0.222. The predicted octanol–water partition coefficient (Wildman–Crippen LogP) is 6.20. The molecule has 4 nitrogen and oxygen atoms in total. The minimum absolute atomic E-state index is 0.724. The molecule has 0 fully saturated rings. The fourth-order valence-electron chi connectivity index (χ4n) is 2.69. The number of rotatable bonds is 5. The van der Waals surface area contributed by atoms with Gasteiger partial charge in [-0.1, -0.05) is 13.0 Å². The first-order valence-corrected chi connectivity index (χ1v) is 9.24. The van der Waals surface area contributed by atoms with Crippen LogP contribution in [0.1, 0.15) is 18.9 Å². The van der Waals surface area contributed by atoms with Crippen LogP contribution in [0.5, 0.6) is 11.5 Å². The molecule has 2 aromatic carbocycles. The van der Waals surface area contributed by atoms with Crippen LogP contribution in [-0.4, -0.2) is 13.7 Å². The lowest BCUT2D eigenvalue weighted by atomic mass is 9.98. The van der Waals surface area contributed by atoms with E-state index in [0.29, 0.717) is 0 Å². The zero-order chi connectivity index (χ0) is 17.1. The number of nitrogens with one attached hydrogen (secondary N) is 2. The Morgan fingerprint density at radius 1 is 1.17 bits per heavy atom. The van der Waals surface area contributed by atoms with Gasteiger partial charge in [0.1, 0.15) is 5.75 Å². The van der Waals surface area contributed by atoms with E-state index in [1.54, 1.807) is 7.11 Å². The third-order valence-corrected chi connectivity index (χ3v) is 4.98. The SMILES string of the molecule is CCC1=CCNc2ccc(Oc3c(Br)cc(NOC)cc3Br)cc21. The molecule has 0 amide bonds. The van der Waals surface area contributed by atoms with E-state index in [-0.39, 0.29) is 0 Å². The maximum atomic E-state index is 6.11. The zero-order valence-electron chi connectivity index (χ0n) is 13.5. The van der Waals surface area contributed by atoms with E-state index in [1.807, 2.05) is 18.2 Å². The average Bonchev–Trinajstić information content (AvgIpc) is 2.58. The molecule has 126 valence electrons. The van der Waals surface area contributed by atoms with Gasteiger partial charge in [0.25, 0.3) is 0 Å². The molecule has 0 radical (unpaired) electrons. The smallest absolute Gasteiger partial charge is 0.155 e. The van der Waals surface area contributed by atoms with Crippen molar-refractivity contribution >= 4 is 48.8 Å². The van der Waals surface area contributed by atoms with Crippen molar-refractivity contribution in [1.82, 2.24) is 0 Å². The molecular weight excluding hydrogens is 436 g/mol. The first-order chi connectivity index (χ1) is 11.6. The molecule has 0 unspecified atom stereocenters.